The van der Waals surface area contributed by atoms with Gasteiger partial charge in [0.1, 0.15) is 0 Å². The summed E-state index contributed by atoms with van der Waals surface area (Å²) in [6, 6.07) is 0. The molecule has 1 rings (SSSR count). The van der Waals surface area contributed by atoms with Gasteiger partial charge in [0, 0.05) is 13.0 Å². The average molecular weight is 201 g/mol. The number of carbonyl (C=O) groups is 1. The Morgan fingerprint density at radius 2 is 2.00 bits per heavy atom. The normalized spacial score (nSPS) is 27.5. The highest BCUT2D eigenvalue weighted by Crippen LogP contribution is 2.20. The zero-order valence-corrected chi connectivity index (χ0v) is 8.45. The largest absolute Gasteiger partial charge is 0.393 e. The van der Waals surface area contributed by atoms with Crippen molar-refractivity contribution in [2.45, 2.75) is 50.7 Å². The molecule has 4 heteroatoms. The van der Waals surface area contributed by atoms with Crippen LogP contribution in [-0.2, 0) is 9.53 Å². The number of hydrogen-bond donors (Lipinski definition) is 2. The van der Waals surface area contributed by atoms with Crippen LogP contribution in [0.25, 0.3) is 0 Å². The van der Waals surface area contributed by atoms with Crippen LogP contribution in [0.5, 0.6) is 0 Å². The van der Waals surface area contributed by atoms with E-state index in [1.54, 1.807) is 0 Å². The maximum atomic E-state index is 10.4. The van der Waals surface area contributed by atoms with E-state index >= 15 is 0 Å². The molecule has 0 heterocycles. The summed E-state index contributed by atoms with van der Waals surface area (Å²) in [6.45, 7) is 0.601. The number of ether oxygens (including phenoxy) is 1. The molecule has 0 aromatic carbocycles. The van der Waals surface area contributed by atoms with Crippen molar-refractivity contribution in [1.29, 1.82) is 0 Å². The number of aliphatic hydroxyl groups excluding tert-OH is 1. The molecule has 0 radical (unpaired) electrons. The van der Waals surface area contributed by atoms with Crippen molar-refractivity contribution in [3.05, 3.63) is 0 Å². The van der Waals surface area contributed by atoms with Crippen molar-refractivity contribution in [2.75, 3.05) is 6.61 Å². The number of aliphatic hydroxyl groups is 1. The van der Waals surface area contributed by atoms with Crippen LogP contribution in [-0.4, -0.2) is 29.8 Å². The number of rotatable bonds is 5. The Kier molecular flexibility index (Phi) is 4.90. The van der Waals surface area contributed by atoms with Crippen LogP contribution in [0.1, 0.15) is 38.5 Å². The summed E-state index contributed by atoms with van der Waals surface area (Å²) in [6.07, 6.45) is 4.76. The van der Waals surface area contributed by atoms with Crippen LogP contribution in [0.2, 0.25) is 0 Å². The number of amides is 1. The minimum Gasteiger partial charge on any atom is -0.393 e. The van der Waals surface area contributed by atoms with Gasteiger partial charge in [-0.05, 0) is 32.1 Å². The van der Waals surface area contributed by atoms with Gasteiger partial charge in [0.05, 0.1) is 12.2 Å². The second kappa shape index (κ2) is 5.98. The lowest BCUT2D eigenvalue weighted by molar-refractivity contribution is -0.118. The molecule has 14 heavy (non-hydrogen) atoms. The second-order valence-corrected chi connectivity index (χ2v) is 3.87. The molecule has 0 aromatic heterocycles. The topological polar surface area (TPSA) is 72.6 Å². The van der Waals surface area contributed by atoms with E-state index < -0.39 is 0 Å². The summed E-state index contributed by atoms with van der Waals surface area (Å²) in [5, 5.41) is 9.25. The first-order chi connectivity index (χ1) is 6.68. The molecular weight excluding hydrogens is 182 g/mol. The van der Waals surface area contributed by atoms with E-state index in [1.807, 2.05) is 0 Å². The SMILES string of the molecule is NC(=O)CCCOC1CCC(O)CC1. The first-order valence-corrected chi connectivity index (χ1v) is 5.26. The standard InChI is InChI=1S/C10H19NO3/c11-10(13)2-1-7-14-9-5-3-8(12)4-6-9/h8-9,12H,1-7H2,(H2,11,13). The van der Waals surface area contributed by atoms with E-state index in [1.165, 1.54) is 0 Å². The van der Waals surface area contributed by atoms with E-state index in [0.29, 0.717) is 19.4 Å². The number of primary amides is 1. The maximum absolute atomic E-state index is 10.4. The molecular formula is C10H19NO3. The summed E-state index contributed by atoms with van der Waals surface area (Å²) < 4.78 is 5.56. The smallest absolute Gasteiger partial charge is 0.217 e. The fourth-order valence-electron chi connectivity index (χ4n) is 1.71. The quantitative estimate of drug-likeness (QED) is 0.639. The van der Waals surface area contributed by atoms with Crippen LogP contribution in [0.4, 0.5) is 0 Å². The van der Waals surface area contributed by atoms with Crippen molar-refractivity contribution < 1.29 is 14.6 Å². The van der Waals surface area contributed by atoms with Crippen LogP contribution in [0, 0.1) is 0 Å². The first-order valence-electron chi connectivity index (χ1n) is 5.26. The van der Waals surface area contributed by atoms with Crippen molar-refractivity contribution in [1.82, 2.24) is 0 Å². The molecule has 0 spiro atoms. The molecule has 0 aliphatic heterocycles. The average Bonchev–Trinajstić information content (AvgIpc) is 2.15. The van der Waals surface area contributed by atoms with Gasteiger partial charge in [-0.2, -0.15) is 0 Å². The summed E-state index contributed by atoms with van der Waals surface area (Å²) in [4.78, 5) is 10.4. The van der Waals surface area contributed by atoms with E-state index in [4.69, 9.17) is 10.5 Å². The van der Waals surface area contributed by atoms with Gasteiger partial charge in [-0.15, -0.1) is 0 Å². The lowest BCUT2D eigenvalue weighted by Gasteiger charge is -2.25. The molecule has 1 aliphatic carbocycles. The third kappa shape index (κ3) is 4.58. The summed E-state index contributed by atoms with van der Waals surface area (Å²) in [5.74, 6) is -0.271. The summed E-state index contributed by atoms with van der Waals surface area (Å²) >= 11 is 0. The van der Waals surface area contributed by atoms with Gasteiger partial charge in [-0.1, -0.05) is 0 Å². The molecule has 0 aromatic rings. The molecule has 0 atom stereocenters. The highest BCUT2D eigenvalue weighted by molar-refractivity contribution is 5.73. The predicted molar refractivity (Wildman–Crippen MR) is 52.6 cm³/mol. The second-order valence-electron chi connectivity index (χ2n) is 3.87. The van der Waals surface area contributed by atoms with Crippen molar-refractivity contribution >= 4 is 5.91 Å². The lowest BCUT2D eigenvalue weighted by Crippen LogP contribution is -2.24. The monoisotopic (exact) mass is 201 g/mol. The molecule has 0 bridgehead atoms. The third-order valence-electron chi connectivity index (χ3n) is 2.56. The van der Waals surface area contributed by atoms with Gasteiger partial charge in [0.15, 0.2) is 0 Å². The Morgan fingerprint density at radius 3 is 2.57 bits per heavy atom. The zero-order valence-electron chi connectivity index (χ0n) is 8.45. The van der Waals surface area contributed by atoms with Crippen molar-refractivity contribution in [3.8, 4) is 0 Å². The minimum absolute atomic E-state index is 0.138. The zero-order chi connectivity index (χ0) is 10.4. The molecule has 1 fully saturated rings. The van der Waals surface area contributed by atoms with Gasteiger partial charge in [0.25, 0.3) is 0 Å². The van der Waals surface area contributed by atoms with Crippen LogP contribution in [0.3, 0.4) is 0 Å². The highest BCUT2D eigenvalue weighted by atomic mass is 16.5. The Labute approximate surface area is 84.4 Å². The molecule has 4 nitrogen and oxygen atoms in total. The van der Waals surface area contributed by atoms with Crippen LogP contribution >= 0.6 is 0 Å². The van der Waals surface area contributed by atoms with Gasteiger partial charge in [-0.25, -0.2) is 0 Å². The highest BCUT2D eigenvalue weighted by Gasteiger charge is 2.19. The Hall–Kier alpha value is -0.610. The first kappa shape index (κ1) is 11.5. The molecule has 1 saturated carbocycles. The number of nitrogens with two attached hydrogens (primary N) is 1. The fourth-order valence-corrected chi connectivity index (χ4v) is 1.71. The van der Waals surface area contributed by atoms with Gasteiger partial charge in [0.2, 0.25) is 5.91 Å². The molecule has 82 valence electrons. The number of hydrogen-bond acceptors (Lipinski definition) is 3. The summed E-state index contributed by atoms with van der Waals surface area (Å²) in [5.41, 5.74) is 5.00. The molecule has 3 N–H and O–H groups in total. The summed E-state index contributed by atoms with van der Waals surface area (Å²) in [7, 11) is 0. The third-order valence-corrected chi connectivity index (χ3v) is 2.56. The molecule has 0 unspecified atom stereocenters. The number of carbonyl (C=O) groups excluding carboxylic acids is 1. The van der Waals surface area contributed by atoms with Gasteiger partial charge >= 0.3 is 0 Å². The van der Waals surface area contributed by atoms with Crippen molar-refractivity contribution in [2.24, 2.45) is 5.73 Å². The van der Waals surface area contributed by atoms with E-state index in [0.717, 1.165) is 25.7 Å². The van der Waals surface area contributed by atoms with Crippen molar-refractivity contribution in [3.63, 3.8) is 0 Å². The van der Waals surface area contributed by atoms with Crippen LogP contribution in [0.15, 0.2) is 0 Å². The van der Waals surface area contributed by atoms with E-state index in [9.17, 15) is 9.90 Å². The Bertz CT molecular complexity index is 176. The molecule has 1 aliphatic rings. The Balaban J connectivity index is 1.99. The Morgan fingerprint density at radius 1 is 1.36 bits per heavy atom. The maximum Gasteiger partial charge on any atom is 0.217 e. The fraction of sp³-hybridized carbons (Fsp3) is 0.900. The molecule has 1 amide bonds. The molecule has 0 saturated heterocycles. The van der Waals surface area contributed by atoms with Crippen LogP contribution < -0.4 is 5.73 Å². The van der Waals surface area contributed by atoms with E-state index in [-0.39, 0.29) is 18.1 Å². The van der Waals surface area contributed by atoms with Gasteiger partial charge < -0.3 is 15.6 Å². The van der Waals surface area contributed by atoms with E-state index in [2.05, 4.69) is 0 Å². The van der Waals surface area contributed by atoms with Gasteiger partial charge in [-0.3, -0.25) is 4.79 Å². The lowest BCUT2D eigenvalue weighted by atomic mass is 9.95. The predicted octanol–water partition coefficient (Wildman–Crippen LogP) is 0.572. The minimum atomic E-state index is -0.271.